The molecule has 1 saturated carbocycles. The van der Waals surface area contributed by atoms with Crippen LogP contribution in [0.15, 0.2) is 36.4 Å². The Labute approximate surface area is 237 Å². The Morgan fingerprint density at radius 3 is 2.18 bits per heavy atom. The van der Waals surface area contributed by atoms with E-state index in [1.165, 1.54) is 39.0 Å². The lowest BCUT2D eigenvalue weighted by Gasteiger charge is -2.23. The van der Waals surface area contributed by atoms with Crippen LogP contribution in [0.3, 0.4) is 0 Å². The maximum atomic E-state index is 14.5. The van der Waals surface area contributed by atoms with Gasteiger partial charge in [-0.25, -0.2) is 4.39 Å². The van der Waals surface area contributed by atoms with Gasteiger partial charge in [-0.05, 0) is 47.6 Å². The van der Waals surface area contributed by atoms with Crippen molar-refractivity contribution < 1.29 is 14.0 Å². The smallest absolute Gasteiger partial charge is 0.221 e. The summed E-state index contributed by atoms with van der Waals surface area (Å²) in [5.74, 6) is -0.614. The topological polar surface area (TPSA) is 70.2 Å². The molecular formula is C30H42Cl2FN3O2. The highest BCUT2D eigenvalue weighted by Gasteiger charge is 2.33. The molecule has 2 atom stereocenters. The van der Waals surface area contributed by atoms with Crippen LogP contribution in [-0.2, 0) is 9.59 Å². The highest BCUT2D eigenvalue weighted by atomic mass is 35.5. The van der Waals surface area contributed by atoms with Crippen molar-refractivity contribution in [1.29, 1.82) is 0 Å². The molecule has 4 rings (SSSR count). The highest BCUT2D eigenvalue weighted by Crippen LogP contribution is 2.41. The molecule has 2 aromatic carbocycles. The Balaban J connectivity index is 0.000000298. The number of rotatable bonds is 5. The van der Waals surface area contributed by atoms with Gasteiger partial charge >= 0.3 is 0 Å². The van der Waals surface area contributed by atoms with Crippen molar-refractivity contribution in [1.82, 2.24) is 10.6 Å². The van der Waals surface area contributed by atoms with Gasteiger partial charge in [-0.15, -0.1) is 0 Å². The first-order valence-corrected chi connectivity index (χ1v) is 14.1. The summed E-state index contributed by atoms with van der Waals surface area (Å²) < 4.78 is 14.5. The quantitative estimate of drug-likeness (QED) is 0.325. The lowest BCUT2D eigenvalue weighted by atomic mass is 9.83. The number of amides is 2. The Morgan fingerprint density at radius 2 is 1.61 bits per heavy atom. The van der Waals surface area contributed by atoms with Crippen LogP contribution >= 0.6 is 23.2 Å². The first-order valence-electron chi connectivity index (χ1n) is 13.3. The Bertz CT molecular complexity index is 1050. The van der Waals surface area contributed by atoms with Crippen molar-refractivity contribution in [2.75, 3.05) is 18.4 Å². The first-order chi connectivity index (χ1) is 17.9. The molecule has 0 radical (unpaired) electrons. The van der Waals surface area contributed by atoms with Crippen molar-refractivity contribution >= 4 is 41.2 Å². The minimum absolute atomic E-state index is 0.0112. The zero-order chi connectivity index (χ0) is 28.3. The maximum Gasteiger partial charge on any atom is 0.221 e. The second-order valence-corrected chi connectivity index (χ2v) is 12.4. The molecule has 5 nitrogen and oxygen atoms in total. The second-order valence-electron chi connectivity index (χ2n) is 11.5. The molecule has 2 aliphatic rings. The number of hydrogen-bond donors (Lipinski definition) is 3. The molecule has 2 amide bonds. The van der Waals surface area contributed by atoms with Crippen LogP contribution in [0.2, 0.25) is 10.0 Å². The Hall–Kier alpha value is -2.15. The van der Waals surface area contributed by atoms with E-state index in [0.717, 1.165) is 12.0 Å². The van der Waals surface area contributed by atoms with E-state index in [1.54, 1.807) is 30.3 Å². The third-order valence-corrected chi connectivity index (χ3v) is 6.76. The van der Waals surface area contributed by atoms with Crippen LogP contribution < -0.4 is 16.0 Å². The van der Waals surface area contributed by atoms with Crippen LogP contribution in [-0.4, -0.2) is 31.4 Å². The third-order valence-electron chi connectivity index (χ3n) is 6.23. The summed E-state index contributed by atoms with van der Waals surface area (Å²) in [7, 11) is 0. The summed E-state index contributed by atoms with van der Waals surface area (Å²) >= 11 is 12.0. The predicted molar refractivity (Wildman–Crippen MR) is 157 cm³/mol. The van der Waals surface area contributed by atoms with Crippen molar-refractivity contribution in [3.63, 3.8) is 0 Å². The van der Waals surface area contributed by atoms with Gasteiger partial charge in [0.25, 0.3) is 0 Å². The number of carbonyl (C=O) groups excluding carboxylic acids is 2. The third kappa shape index (κ3) is 10.9. The molecule has 2 unspecified atom stereocenters. The molecular weight excluding hydrogens is 524 g/mol. The van der Waals surface area contributed by atoms with Crippen LogP contribution in [0.5, 0.6) is 0 Å². The largest absolute Gasteiger partial charge is 0.356 e. The van der Waals surface area contributed by atoms with Crippen LogP contribution in [0.1, 0.15) is 89.7 Å². The van der Waals surface area contributed by atoms with Gasteiger partial charge in [0.1, 0.15) is 5.82 Å². The van der Waals surface area contributed by atoms with Gasteiger partial charge in [0.15, 0.2) is 0 Å². The average Bonchev–Trinajstić information content (AvgIpc) is 3.30. The standard InChI is InChI=1S/C18H17Cl2FN2O.C7H13NO.C5H12/c1-10(24)23-17-7-11(19)5-6-12(17)14-8-22-9-15(14)13-3-2-4-16(20)18(13)21;9-6-8-7-4-2-1-3-5-7;1-5(2,3)4/h2-7,14-15,22H,8-9H2,1H3,(H,23,24);6-7H,1-5H2,(H,8,9);1-4H3. The molecule has 2 aromatic rings. The van der Waals surface area contributed by atoms with E-state index in [-0.39, 0.29) is 28.6 Å². The van der Waals surface area contributed by atoms with E-state index < -0.39 is 0 Å². The molecule has 0 spiro atoms. The van der Waals surface area contributed by atoms with Gasteiger partial charge in [0, 0.05) is 48.6 Å². The molecule has 210 valence electrons. The van der Waals surface area contributed by atoms with E-state index in [0.29, 0.717) is 40.8 Å². The molecule has 8 heteroatoms. The monoisotopic (exact) mass is 565 g/mol. The zero-order valence-corrected chi connectivity index (χ0v) is 24.7. The molecule has 3 N–H and O–H groups in total. The predicted octanol–water partition coefficient (Wildman–Crippen LogP) is 7.68. The van der Waals surface area contributed by atoms with Gasteiger partial charge in [-0.1, -0.05) is 88.4 Å². The van der Waals surface area contributed by atoms with E-state index in [1.807, 2.05) is 6.07 Å². The van der Waals surface area contributed by atoms with E-state index in [4.69, 9.17) is 23.2 Å². The normalized spacial score (nSPS) is 19.4. The number of carbonyl (C=O) groups is 2. The molecule has 1 aliphatic heterocycles. The Morgan fingerprint density at radius 1 is 1.00 bits per heavy atom. The van der Waals surface area contributed by atoms with Crippen molar-refractivity contribution in [3.8, 4) is 0 Å². The minimum atomic E-state index is -0.382. The van der Waals surface area contributed by atoms with Gasteiger partial charge in [-0.3, -0.25) is 9.59 Å². The fourth-order valence-electron chi connectivity index (χ4n) is 4.65. The van der Waals surface area contributed by atoms with Crippen molar-refractivity contribution in [2.24, 2.45) is 5.41 Å². The lowest BCUT2D eigenvalue weighted by Crippen LogP contribution is -2.29. The molecule has 1 heterocycles. The molecule has 0 aromatic heterocycles. The van der Waals surface area contributed by atoms with Crippen LogP contribution in [0.4, 0.5) is 10.1 Å². The number of benzene rings is 2. The molecule has 0 bridgehead atoms. The number of anilines is 1. The zero-order valence-electron chi connectivity index (χ0n) is 23.2. The average molecular weight is 567 g/mol. The number of halogens is 3. The molecule has 1 aliphatic carbocycles. The van der Waals surface area contributed by atoms with E-state index in [2.05, 4.69) is 43.6 Å². The fraction of sp³-hybridized carbons (Fsp3) is 0.533. The van der Waals surface area contributed by atoms with Gasteiger partial charge in [-0.2, -0.15) is 0 Å². The highest BCUT2D eigenvalue weighted by molar-refractivity contribution is 6.31. The Kier molecular flexibility index (Phi) is 13.0. The van der Waals surface area contributed by atoms with E-state index in [9.17, 15) is 14.0 Å². The van der Waals surface area contributed by atoms with Gasteiger partial charge in [0.05, 0.1) is 5.02 Å². The fourth-order valence-corrected chi connectivity index (χ4v) is 5.01. The van der Waals surface area contributed by atoms with Crippen LogP contribution in [0, 0.1) is 11.2 Å². The first kappa shape index (κ1) is 32.1. The summed E-state index contributed by atoms with van der Waals surface area (Å²) in [6.07, 6.45) is 7.08. The lowest BCUT2D eigenvalue weighted by molar-refractivity contribution is -0.114. The molecule has 38 heavy (non-hydrogen) atoms. The van der Waals surface area contributed by atoms with Crippen LogP contribution in [0.25, 0.3) is 0 Å². The summed E-state index contributed by atoms with van der Waals surface area (Å²) in [4.78, 5) is 21.5. The summed E-state index contributed by atoms with van der Waals surface area (Å²) in [6.45, 7) is 11.5. The number of hydrogen-bond acceptors (Lipinski definition) is 3. The van der Waals surface area contributed by atoms with Gasteiger partial charge < -0.3 is 16.0 Å². The van der Waals surface area contributed by atoms with Crippen molar-refractivity contribution in [2.45, 2.75) is 84.6 Å². The maximum absolute atomic E-state index is 14.5. The summed E-state index contributed by atoms with van der Waals surface area (Å²) in [6, 6.07) is 10.9. The van der Waals surface area contributed by atoms with Gasteiger partial charge in [0.2, 0.25) is 12.3 Å². The minimum Gasteiger partial charge on any atom is -0.356 e. The summed E-state index contributed by atoms with van der Waals surface area (Å²) in [5, 5.41) is 9.59. The second kappa shape index (κ2) is 15.4. The molecule has 1 saturated heterocycles. The van der Waals surface area contributed by atoms with E-state index >= 15 is 0 Å². The SMILES string of the molecule is CC(=O)Nc1cc(Cl)ccc1C1CNCC1c1cccc(Cl)c1F.CC(C)(C)C.O=CNC1CCCCC1. The van der Waals surface area contributed by atoms with Crippen molar-refractivity contribution in [3.05, 3.63) is 63.4 Å². The molecule has 2 fully saturated rings. The number of nitrogens with one attached hydrogen (secondary N) is 3. The summed E-state index contributed by atoms with van der Waals surface area (Å²) in [5.41, 5.74) is 2.68.